The smallest absolute Gasteiger partial charge is 0.336 e. The van der Waals surface area contributed by atoms with Crippen molar-refractivity contribution < 1.29 is 14.6 Å². The molecule has 0 fully saturated rings. The van der Waals surface area contributed by atoms with Crippen LogP contribution in [0.2, 0.25) is 0 Å². The number of esters is 1. The van der Waals surface area contributed by atoms with Crippen LogP contribution < -0.4 is 0 Å². The maximum Gasteiger partial charge on any atom is 0.336 e. The molecule has 94 valence electrons. The number of fused-ring (bicyclic) bond motifs is 1. The fourth-order valence-corrected chi connectivity index (χ4v) is 2.42. The standard InChI is InChI=1S/C14H15NO3/c1-2-18-13(17)12(16)14(9-15)7-10-5-3-4-6-11(10)8-14/h3-6,12,16H,2,7-8H2,1H3. The van der Waals surface area contributed by atoms with E-state index in [9.17, 15) is 15.2 Å². The molecule has 0 amide bonds. The maximum absolute atomic E-state index is 11.6. The molecule has 1 aromatic rings. The lowest BCUT2D eigenvalue weighted by Crippen LogP contribution is -2.41. The molecule has 0 heterocycles. The van der Waals surface area contributed by atoms with Crippen molar-refractivity contribution in [2.24, 2.45) is 5.41 Å². The summed E-state index contributed by atoms with van der Waals surface area (Å²) in [5.41, 5.74) is 0.945. The van der Waals surface area contributed by atoms with E-state index in [1.165, 1.54) is 0 Å². The third-order valence-electron chi connectivity index (χ3n) is 3.39. The van der Waals surface area contributed by atoms with E-state index in [2.05, 4.69) is 6.07 Å². The van der Waals surface area contributed by atoms with E-state index in [1.807, 2.05) is 24.3 Å². The van der Waals surface area contributed by atoms with E-state index in [0.717, 1.165) is 11.1 Å². The first-order chi connectivity index (χ1) is 8.63. The summed E-state index contributed by atoms with van der Waals surface area (Å²) in [4.78, 5) is 11.6. The number of hydrogen-bond acceptors (Lipinski definition) is 4. The number of carbonyl (C=O) groups excluding carboxylic acids is 1. The van der Waals surface area contributed by atoms with Crippen LogP contribution in [-0.4, -0.2) is 23.8 Å². The zero-order valence-corrected chi connectivity index (χ0v) is 10.2. The second kappa shape index (κ2) is 4.79. The Hall–Kier alpha value is -1.86. The van der Waals surface area contributed by atoms with Gasteiger partial charge in [0.05, 0.1) is 12.7 Å². The van der Waals surface area contributed by atoms with E-state index >= 15 is 0 Å². The van der Waals surface area contributed by atoms with Crippen molar-refractivity contribution in [1.82, 2.24) is 0 Å². The first-order valence-corrected chi connectivity index (χ1v) is 5.95. The lowest BCUT2D eigenvalue weighted by molar-refractivity contribution is -0.158. The largest absolute Gasteiger partial charge is 0.464 e. The lowest BCUT2D eigenvalue weighted by atomic mass is 9.80. The van der Waals surface area contributed by atoms with Gasteiger partial charge in [-0.1, -0.05) is 24.3 Å². The number of nitriles is 1. The Morgan fingerprint density at radius 3 is 2.50 bits per heavy atom. The molecule has 1 N–H and O–H groups in total. The minimum absolute atomic E-state index is 0.199. The van der Waals surface area contributed by atoms with Crippen molar-refractivity contribution in [3.63, 3.8) is 0 Å². The third-order valence-corrected chi connectivity index (χ3v) is 3.39. The summed E-state index contributed by atoms with van der Waals surface area (Å²) in [5, 5.41) is 19.4. The Labute approximate surface area is 106 Å². The van der Waals surface area contributed by atoms with Gasteiger partial charge in [-0.25, -0.2) is 4.79 Å². The zero-order valence-electron chi connectivity index (χ0n) is 10.2. The highest BCUT2D eigenvalue weighted by Crippen LogP contribution is 2.39. The molecule has 0 aliphatic heterocycles. The van der Waals surface area contributed by atoms with Crippen molar-refractivity contribution >= 4 is 5.97 Å². The number of aliphatic hydroxyl groups excluding tert-OH is 1. The van der Waals surface area contributed by atoms with Gasteiger partial charge in [-0.05, 0) is 30.9 Å². The van der Waals surface area contributed by atoms with Crippen molar-refractivity contribution in [3.8, 4) is 6.07 Å². The highest BCUT2D eigenvalue weighted by Gasteiger charge is 2.47. The average molecular weight is 245 g/mol. The van der Waals surface area contributed by atoms with Gasteiger partial charge in [-0.3, -0.25) is 0 Å². The Morgan fingerprint density at radius 1 is 1.50 bits per heavy atom. The van der Waals surface area contributed by atoms with Crippen molar-refractivity contribution in [2.45, 2.75) is 25.9 Å². The number of aliphatic hydroxyl groups is 1. The Morgan fingerprint density at radius 2 is 2.06 bits per heavy atom. The second-order valence-electron chi connectivity index (χ2n) is 4.54. The number of hydrogen-bond donors (Lipinski definition) is 1. The molecule has 18 heavy (non-hydrogen) atoms. The molecular formula is C14H15NO3. The van der Waals surface area contributed by atoms with E-state index in [-0.39, 0.29) is 6.61 Å². The Balaban J connectivity index is 2.26. The van der Waals surface area contributed by atoms with Crippen LogP contribution >= 0.6 is 0 Å². The normalized spacial score (nSPS) is 17.6. The Kier molecular flexibility index (Phi) is 3.35. The van der Waals surface area contributed by atoms with Crippen molar-refractivity contribution in [3.05, 3.63) is 35.4 Å². The van der Waals surface area contributed by atoms with Gasteiger partial charge in [0, 0.05) is 0 Å². The molecule has 4 heteroatoms. The molecule has 1 atom stereocenters. The van der Waals surface area contributed by atoms with Crippen LogP contribution in [0.4, 0.5) is 0 Å². The number of ether oxygens (including phenoxy) is 1. The molecule has 1 aliphatic carbocycles. The SMILES string of the molecule is CCOC(=O)C(O)C1(C#N)Cc2ccccc2C1. The zero-order chi connectivity index (χ0) is 13.2. The number of benzene rings is 1. The molecule has 0 saturated heterocycles. The molecular weight excluding hydrogens is 230 g/mol. The van der Waals surface area contributed by atoms with Crippen LogP contribution in [0.5, 0.6) is 0 Å². The summed E-state index contributed by atoms with van der Waals surface area (Å²) in [6.45, 7) is 1.87. The molecule has 1 aromatic carbocycles. The van der Waals surface area contributed by atoms with Gasteiger partial charge < -0.3 is 9.84 Å². The van der Waals surface area contributed by atoms with Gasteiger partial charge in [-0.15, -0.1) is 0 Å². The molecule has 0 saturated carbocycles. The van der Waals surface area contributed by atoms with E-state index in [1.54, 1.807) is 6.92 Å². The molecule has 1 unspecified atom stereocenters. The fourth-order valence-electron chi connectivity index (χ4n) is 2.42. The quantitative estimate of drug-likeness (QED) is 0.813. The Bertz CT molecular complexity index is 479. The van der Waals surface area contributed by atoms with Crippen LogP contribution in [0, 0.1) is 16.7 Å². The van der Waals surface area contributed by atoms with E-state index < -0.39 is 17.5 Å². The maximum atomic E-state index is 11.6. The van der Waals surface area contributed by atoms with Gasteiger partial charge in [-0.2, -0.15) is 5.26 Å². The van der Waals surface area contributed by atoms with Crippen LogP contribution in [0.25, 0.3) is 0 Å². The lowest BCUT2D eigenvalue weighted by Gasteiger charge is -2.24. The van der Waals surface area contributed by atoms with Crippen LogP contribution in [0.1, 0.15) is 18.1 Å². The van der Waals surface area contributed by atoms with E-state index in [4.69, 9.17) is 4.74 Å². The molecule has 0 bridgehead atoms. The molecule has 0 aromatic heterocycles. The first kappa shape index (κ1) is 12.6. The number of carbonyl (C=O) groups is 1. The molecule has 4 nitrogen and oxygen atoms in total. The second-order valence-corrected chi connectivity index (χ2v) is 4.54. The monoisotopic (exact) mass is 245 g/mol. The first-order valence-electron chi connectivity index (χ1n) is 5.95. The predicted octanol–water partition coefficient (Wildman–Crippen LogP) is 1.22. The van der Waals surface area contributed by atoms with Gasteiger partial charge in [0.15, 0.2) is 6.10 Å². The van der Waals surface area contributed by atoms with Crippen molar-refractivity contribution in [2.75, 3.05) is 6.61 Å². The predicted molar refractivity (Wildman–Crippen MR) is 64.5 cm³/mol. The van der Waals surface area contributed by atoms with Crippen LogP contribution in [0.15, 0.2) is 24.3 Å². The third kappa shape index (κ3) is 1.98. The highest BCUT2D eigenvalue weighted by atomic mass is 16.5. The molecule has 2 rings (SSSR count). The summed E-state index contributed by atoms with van der Waals surface area (Å²) in [6, 6.07) is 9.74. The topological polar surface area (TPSA) is 70.3 Å². The van der Waals surface area contributed by atoms with Gasteiger partial charge in [0.2, 0.25) is 0 Å². The number of nitrogens with zero attached hydrogens (tertiary/aromatic N) is 1. The van der Waals surface area contributed by atoms with Gasteiger partial charge in [0.25, 0.3) is 0 Å². The van der Waals surface area contributed by atoms with Crippen LogP contribution in [-0.2, 0) is 22.4 Å². The average Bonchev–Trinajstić information content (AvgIpc) is 2.77. The molecule has 0 spiro atoms. The minimum Gasteiger partial charge on any atom is -0.464 e. The summed E-state index contributed by atoms with van der Waals surface area (Å²) in [6.07, 6.45) is -0.617. The van der Waals surface area contributed by atoms with Crippen LogP contribution in [0.3, 0.4) is 0 Å². The molecule has 1 aliphatic rings. The molecule has 0 radical (unpaired) electrons. The minimum atomic E-state index is -1.39. The summed E-state index contributed by atoms with van der Waals surface area (Å²) < 4.78 is 4.80. The highest BCUT2D eigenvalue weighted by molar-refractivity contribution is 5.76. The van der Waals surface area contributed by atoms with Crippen molar-refractivity contribution in [1.29, 1.82) is 5.26 Å². The number of rotatable bonds is 3. The van der Waals surface area contributed by atoms with E-state index in [0.29, 0.717) is 12.8 Å². The summed E-state index contributed by atoms with van der Waals surface area (Å²) >= 11 is 0. The fraction of sp³-hybridized carbons (Fsp3) is 0.429. The summed E-state index contributed by atoms with van der Waals surface area (Å²) in [5.74, 6) is -0.716. The van der Waals surface area contributed by atoms with Gasteiger partial charge >= 0.3 is 5.97 Å². The summed E-state index contributed by atoms with van der Waals surface area (Å²) in [7, 11) is 0. The van der Waals surface area contributed by atoms with Gasteiger partial charge in [0.1, 0.15) is 5.41 Å².